The molecule has 2 aromatic carbocycles. The number of carbonyl (C=O) groups is 2. The van der Waals surface area contributed by atoms with Crippen LogP contribution in [0.1, 0.15) is 24.1 Å². The summed E-state index contributed by atoms with van der Waals surface area (Å²) in [5.41, 5.74) is 0.884. The van der Waals surface area contributed by atoms with E-state index in [4.69, 9.17) is 9.47 Å². The van der Waals surface area contributed by atoms with Crippen molar-refractivity contribution < 1.29 is 37.7 Å². The number of benzene rings is 2. The molecule has 1 N–H and O–H groups in total. The molecule has 0 aliphatic heterocycles. The molecule has 0 aliphatic rings. The van der Waals surface area contributed by atoms with E-state index >= 15 is 0 Å². The van der Waals surface area contributed by atoms with Gasteiger partial charge in [-0.2, -0.15) is 8.78 Å². The summed E-state index contributed by atoms with van der Waals surface area (Å²) >= 11 is 0. The van der Waals surface area contributed by atoms with Crippen LogP contribution < -0.4 is 9.47 Å². The number of carboxylic acids is 1. The van der Waals surface area contributed by atoms with Crippen molar-refractivity contribution in [2.45, 2.75) is 26.2 Å². The van der Waals surface area contributed by atoms with Crippen LogP contribution in [0.3, 0.4) is 0 Å². The minimum absolute atomic E-state index is 0.0261. The Hall–Kier alpha value is -3.36. The van der Waals surface area contributed by atoms with Crippen molar-refractivity contribution in [2.24, 2.45) is 0 Å². The Bertz CT molecular complexity index is 831. The summed E-state index contributed by atoms with van der Waals surface area (Å²) in [6.07, 6.45) is -0.855. The number of ether oxygens (including phenoxy) is 3. The van der Waals surface area contributed by atoms with E-state index in [0.717, 1.165) is 10.5 Å². The lowest BCUT2D eigenvalue weighted by Crippen LogP contribution is -2.36. The van der Waals surface area contributed by atoms with E-state index in [1.165, 1.54) is 25.2 Å². The van der Waals surface area contributed by atoms with Gasteiger partial charge in [0.25, 0.3) is 0 Å². The third-order valence-corrected chi connectivity index (χ3v) is 3.91. The van der Waals surface area contributed by atoms with Gasteiger partial charge in [-0.3, -0.25) is 4.90 Å². The van der Waals surface area contributed by atoms with Crippen LogP contribution in [0.5, 0.6) is 11.5 Å². The molecule has 29 heavy (non-hydrogen) atoms. The summed E-state index contributed by atoms with van der Waals surface area (Å²) in [6.45, 7) is -1.30. The first-order chi connectivity index (χ1) is 13.8. The molecule has 0 aromatic heterocycles. The van der Waals surface area contributed by atoms with Gasteiger partial charge in [-0.1, -0.05) is 36.4 Å². The average Bonchev–Trinajstić information content (AvgIpc) is 2.68. The molecule has 0 bridgehead atoms. The Morgan fingerprint density at radius 2 is 1.79 bits per heavy atom. The zero-order chi connectivity index (χ0) is 21.4. The van der Waals surface area contributed by atoms with Crippen molar-refractivity contribution in [3.63, 3.8) is 0 Å². The fourth-order valence-electron chi connectivity index (χ4n) is 2.61. The monoisotopic (exact) mass is 409 g/mol. The van der Waals surface area contributed by atoms with E-state index < -0.39 is 24.7 Å². The van der Waals surface area contributed by atoms with Crippen molar-refractivity contribution in [1.29, 1.82) is 0 Å². The molecule has 1 atom stereocenters. The summed E-state index contributed by atoms with van der Waals surface area (Å²) in [5, 5.41) is 9.63. The molecule has 0 radical (unpaired) electrons. The molecule has 1 amide bonds. The number of amides is 1. The zero-order valence-electron chi connectivity index (χ0n) is 15.9. The van der Waals surface area contributed by atoms with Crippen LogP contribution in [-0.4, -0.2) is 42.3 Å². The van der Waals surface area contributed by atoms with Gasteiger partial charge in [0.1, 0.15) is 6.61 Å². The second-order valence-electron chi connectivity index (χ2n) is 5.91. The molecule has 156 valence electrons. The van der Waals surface area contributed by atoms with Crippen molar-refractivity contribution in [1.82, 2.24) is 4.90 Å². The molecule has 2 aromatic rings. The highest BCUT2D eigenvalue weighted by molar-refractivity contribution is 5.81. The number of halogens is 2. The minimum Gasteiger partial charge on any atom is -0.490 e. The van der Waals surface area contributed by atoms with Gasteiger partial charge < -0.3 is 19.3 Å². The number of carbonyl (C=O) groups excluding carboxylic acids is 1. The zero-order valence-corrected chi connectivity index (χ0v) is 15.9. The number of nitrogens with zero attached hydrogens (tertiary/aromatic N) is 1. The number of hydrogen-bond acceptors (Lipinski definition) is 5. The lowest BCUT2D eigenvalue weighted by Gasteiger charge is -2.25. The van der Waals surface area contributed by atoms with E-state index in [-0.39, 0.29) is 30.3 Å². The molecular weight excluding hydrogens is 388 g/mol. The number of aliphatic carboxylic acids is 1. The van der Waals surface area contributed by atoms with Gasteiger partial charge >= 0.3 is 18.7 Å². The summed E-state index contributed by atoms with van der Waals surface area (Å²) in [4.78, 5) is 25.1. The molecule has 2 rings (SSSR count). The Kier molecular flexibility index (Phi) is 7.76. The van der Waals surface area contributed by atoms with Crippen LogP contribution in [0, 0.1) is 0 Å². The van der Waals surface area contributed by atoms with E-state index in [1.807, 2.05) is 6.07 Å². The molecule has 1 unspecified atom stereocenters. The van der Waals surface area contributed by atoms with Gasteiger partial charge in [0, 0.05) is 7.05 Å². The highest BCUT2D eigenvalue weighted by Gasteiger charge is 2.30. The largest absolute Gasteiger partial charge is 0.490 e. The van der Waals surface area contributed by atoms with E-state index in [1.54, 1.807) is 31.2 Å². The van der Waals surface area contributed by atoms with Gasteiger partial charge in [0.15, 0.2) is 17.5 Å². The van der Waals surface area contributed by atoms with E-state index in [0.29, 0.717) is 0 Å². The highest BCUT2D eigenvalue weighted by Crippen LogP contribution is 2.33. The maximum Gasteiger partial charge on any atom is 0.410 e. The van der Waals surface area contributed by atoms with Crippen LogP contribution in [0.4, 0.5) is 13.6 Å². The SMILES string of the molecule is CCOc1cc(C(C(=O)O)N(C)C(=O)OCc2ccccc2)ccc1OC(F)F. The highest BCUT2D eigenvalue weighted by atomic mass is 19.3. The maximum atomic E-state index is 12.5. The van der Waals surface area contributed by atoms with Gasteiger partial charge in [-0.05, 0) is 30.2 Å². The summed E-state index contributed by atoms with van der Waals surface area (Å²) in [5.74, 6) is -1.61. The summed E-state index contributed by atoms with van der Waals surface area (Å²) < 4.78 is 39.9. The van der Waals surface area contributed by atoms with Crippen molar-refractivity contribution in [2.75, 3.05) is 13.7 Å². The average molecular weight is 409 g/mol. The third kappa shape index (κ3) is 6.06. The van der Waals surface area contributed by atoms with Crippen LogP contribution in [0.2, 0.25) is 0 Å². The Morgan fingerprint density at radius 1 is 1.10 bits per heavy atom. The normalized spacial score (nSPS) is 11.6. The number of hydrogen-bond donors (Lipinski definition) is 1. The first-order valence-corrected chi connectivity index (χ1v) is 8.71. The Morgan fingerprint density at radius 3 is 2.38 bits per heavy atom. The smallest absolute Gasteiger partial charge is 0.410 e. The van der Waals surface area contributed by atoms with Crippen molar-refractivity contribution in [3.8, 4) is 11.5 Å². The standard InChI is InChI=1S/C20H21F2NO6/c1-3-27-16-11-14(9-10-15(16)29-19(21)22)17(18(24)25)23(2)20(26)28-12-13-7-5-4-6-8-13/h4-11,17,19H,3,12H2,1-2H3,(H,24,25). The summed E-state index contributed by atoms with van der Waals surface area (Å²) in [7, 11) is 1.27. The fraction of sp³-hybridized carbons (Fsp3) is 0.300. The fourth-order valence-corrected chi connectivity index (χ4v) is 2.61. The van der Waals surface area contributed by atoms with Crippen molar-refractivity contribution >= 4 is 12.1 Å². The van der Waals surface area contributed by atoms with Gasteiger partial charge in [-0.15, -0.1) is 0 Å². The predicted octanol–water partition coefficient (Wildman–Crippen LogP) is 4.08. The molecule has 0 fully saturated rings. The molecule has 0 spiro atoms. The second kappa shape index (κ2) is 10.3. The van der Waals surface area contributed by atoms with Crippen molar-refractivity contribution in [3.05, 3.63) is 59.7 Å². The van der Waals surface area contributed by atoms with Gasteiger partial charge in [0.05, 0.1) is 6.61 Å². The molecular formula is C20H21F2NO6. The minimum atomic E-state index is -3.06. The number of carboxylic acid groups (broad SMARTS) is 1. The molecule has 9 heteroatoms. The molecule has 0 saturated carbocycles. The Labute approximate surface area is 166 Å². The van der Waals surface area contributed by atoms with Crippen LogP contribution >= 0.6 is 0 Å². The topological polar surface area (TPSA) is 85.3 Å². The predicted molar refractivity (Wildman–Crippen MR) is 99.0 cm³/mol. The molecule has 0 aliphatic carbocycles. The summed E-state index contributed by atoms with van der Waals surface area (Å²) in [6, 6.07) is 11.2. The Balaban J connectivity index is 2.21. The van der Waals surface area contributed by atoms with Crippen LogP contribution in [-0.2, 0) is 16.1 Å². The quantitative estimate of drug-likeness (QED) is 0.672. The third-order valence-electron chi connectivity index (χ3n) is 3.91. The second-order valence-corrected chi connectivity index (χ2v) is 5.91. The van der Waals surface area contributed by atoms with E-state index in [9.17, 15) is 23.5 Å². The first kappa shape index (κ1) is 21.9. The van der Waals surface area contributed by atoms with Crippen LogP contribution in [0.25, 0.3) is 0 Å². The molecule has 0 saturated heterocycles. The number of likely N-dealkylation sites (N-methyl/N-ethyl adjacent to an activating group) is 1. The lowest BCUT2D eigenvalue weighted by molar-refractivity contribution is -0.142. The molecule has 0 heterocycles. The van der Waals surface area contributed by atoms with Gasteiger partial charge in [0.2, 0.25) is 0 Å². The van der Waals surface area contributed by atoms with Gasteiger partial charge in [-0.25, -0.2) is 9.59 Å². The number of alkyl halides is 2. The van der Waals surface area contributed by atoms with E-state index in [2.05, 4.69) is 4.74 Å². The maximum absolute atomic E-state index is 12.5. The van der Waals surface area contributed by atoms with Crippen LogP contribution in [0.15, 0.2) is 48.5 Å². The molecule has 7 nitrogen and oxygen atoms in total. The lowest BCUT2D eigenvalue weighted by atomic mass is 10.1. The number of rotatable bonds is 9. The first-order valence-electron chi connectivity index (χ1n) is 8.71.